The summed E-state index contributed by atoms with van der Waals surface area (Å²) in [6, 6.07) is 16.0. The van der Waals surface area contributed by atoms with Crippen LogP contribution in [0.25, 0.3) is 33.5 Å². The summed E-state index contributed by atoms with van der Waals surface area (Å²) in [6.45, 7) is 4.02. The number of aromatic nitrogens is 5. The zero-order chi connectivity index (χ0) is 30.5. The lowest BCUT2D eigenvalue weighted by molar-refractivity contribution is -0.114. The number of nitrogens with zero attached hydrogens (tertiary/aromatic N) is 6. The van der Waals surface area contributed by atoms with Gasteiger partial charge in [0.05, 0.1) is 25.8 Å². The summed E-state index contributed by atoms with van der Waals surface area (Å²) in [5, 5.41) is 8.30. The second-order valence-corrected chi connectivity index (χ2v) is 9.94. The summed E-state index contributed by atoms with van der Waals surface area (Å²) >= 11 is 0. The molecule has 0 radical (unpaired) electrons. The predicted molar refractivity (Wildman–Crippen MR) is 167 cm³/mol. The molecule has 222 valence electrons. The van der Waals surface area contributed by atoms with Crippen molar-refractivity contribution in [2.24, 2.45) is 0 Å². The first-order valence-corrected chi connectivity index (χ1v) is 13.9. The smallest absolute Gasteiger partial charge is 0.323 e. The van der Waals surface area contributed by atoms with E-state index in [0.29, 0.717) is 60.2 Å². The fourth-order valence-corrected chi connectivity index (χ4v) is 4.69. The van der Waals surface area contributed by atoms with Crippen LogP contribution in [-0.4, -0.2) is 70.3 Å². The molecule has 1 saturated heterocycles. The zero-order valence-corrected chi connectivity index (χ0v) is 24.1. The molecule has 1 fully saturated rings. The number of ether oxygens (including phenoxy) is 2. The maximum Gasteiger partial charge on any atom is 0.323 e. The molecule has 0 unspecified atom stereocenters. The van der Waals surface area contributed by atoms with E-state index >= 15 is 0 Å². The number of urea groups is 1. The Morgan fingerprint density at radius 2 is 1.36 bits per heavy atom. The molecule has 1 aliphatic heterocycles. The molecule has 3 amide bonds. The molecule has 6 rings (SSSR count). The van der Waals surface area contributed by atoms with Crippen molar-refractivity contribution in [3.05, 3.63) is 73.2 Å². The van der Waals surface area contributed by atoms with Crippen LogP contribution >= 0.6 is 0 Å². The number of hydrogen-bond acceptors (Lipinski definition) is 10. The molecule has 0 aliphatic carbocycles. The Hall–Kier alpha value is -5.69. The van der Waals surface area contributed by atoms with Crippen LogP contribution in [0.3, 0.4) is 0 Å². The first-order valence-electron chi connectivity index (χ1n) is 13.9. The lowest BCUT2D eigenvalue weighted by Crippen LogP contribution is -2.37. The number of hydrogen-bond donors (Lipinski definition) is 3. The molecule has 3 N–H and O–H groups in total. The Balaban J connectivity index is 1.24. The molecular formula is C31H29N9O4. The number of rotatable bonds is 7. The quantitative estimate of drug-likeness (QED) is 0.244. The number of anilines is 4. The van der Waals surface area contributed by atoms with Gasteiger partial charge in [-0.1, -0.05) is 0 Å². The lowest BCUT2D eigenvalue weighted by Gasteiger charge is -2.28. The van der Waals surface area contributed by atoms with Crippen LogP contribution in [0.4, 0.5) is 27.7 Å². The van der Waals surface area contributed by atoms with Gasteiger partial charge in [-0.15, -0.1) is 0 Å². The van der Waals surface area contributed by atoms with Gasteiger partial charge < -0.3 is 30.3 Å². The minimum Gasteiger partial charge on any atom is -0.467 e. The number of carbonyl (C=O) groups is 2. The molecule has 0 spiro atoms. The molecular weight excluding hydrogens is 562 g/mol. The number of amides is 3. The second-order valence-electron chi connectivity index (χ2n) is 9.94. The molecule has 0 bridgehead atoms. The second kappa shape index (κ2) is 12.7. The number of morpholine rings is 1. The number of carbonyl (C=O) groups excluding carboxylic acids is 2. The summed E-state index contributed by atoms with van der Waals surface area (Å²) in [4.78, 5) is 48.9. The summed E-state index contributed by atoms with van der Waals surface area (Å²) in [6.07, 6.45) is 5.13. The van der Waals surface area contributed by atoms with Crippen LogP contribution in [-0.2, 0) is 9.53 Å². The van der Waals surface area contributed by atoms with Crippen molar-refractivity contribution in [1.82, 2.24) is 24.9 Å². The fourth-order valence-electron chi connectivity index (χ4n) is 4.69. The molecule has 0 atom stereocenters. The number of pyridine rings is 1. The number of fused-ring (bicyclic) bond motifs is 1. The minimum atomic E-state index is -0.400. The average molecular weight is 592 g/mol. The van der Waals surface area contributed by atoms with Gasteiger partial charge in [0.1, 0.15) is 5.52 Å². The highest BCUT2D eigenvalue weighted by Gasteiger charge is 2.20. The third-order valence-electron chi connectivity index (χ3n) is 6.84. The molecule has 1 aliphatic rings. The highest BCUT2D eigenvalue weighted by atomic mass is 16.5. The van der Waals surface area contributed by atoms with Crippen LogP contribution < -0.4 is 25.6 Å². The molecule has 3 aromatic heterocycles. The zero-order valence-electron chi connectivity index (χ0n) is 24.1. The minimum absolute atomic E-state index is 0.164. The van der Waals surface area contributed by atoms with Crippen LogP contribution in [0.5, 0.6) is 6.01 Å². The van der Waals surface area contributed by atoms with E-state index in [1.165, 1.54) is 14.0 Å². The lowest BCUT2D eigenvalue weighted by atomic mass is 10.1. The largest absolute Gasteiger partial charge is 0.467 e. The highest BCUT2D eigenvalue weighted by Crippen LogP contribution is 2.30. The van der Waals surface area contributed by atoms with Gasteiger partial charge in [0.15, 0.2) is 11.6 Å². The monoisotopic (exact) mass is 591 g/mol. The molecule has 2 aromatic carbocycles. The van der Waals surface area contributed by atoms with Gasteiger partial charge >= 0.3 is 12.0 Å². The Labute approximate surface area is 252 Å². The van der Waals surface area contributed by atoms with Crippen LogP contribution in [0, 0.1) is 0 Å². The van der Waals surface area contributed by atoms with Gasteiger partial charge in [-0.2, -0.15) is 0 Å². The van der Waals surface area contributed by atoms with E-state index in [1.54, 1.807) is 55.0 Å². The van der Waals surface area contributed by atoms with Gasteiger partial charge in [0.2, 0.25) is 5.91 Å². The highest BCUT2D eigenvalue weighted by molar-refractivity contribution is 6.00. The maximum atomic E-state index is 12.6. The average Bonchev–Trinajstić information content (AvgIpc) is 3.05. The van der Waals surface area contributed by atoms with Crippen molar-refractivity contribution >= 4 is 45.9 Å². The van der Waals surface area contributed by atoms with Crippen LogP contribution in [0.1, 0.15) is 6.92 Å². The topological polar surface area (TPSA) is 156 Å². The number of benzene rings is 2. The van der Waals surface area contributed by atoms with Crippen molar-refractivity contribution in [3.63, 3.8) is 0 Å². The van der Waals surface area contributed by atoms with Crippen LogP contribution in [0.2, 0.25) is 0 Å². The Morgan fingerprint density at radius 3 is 1.98 bits per heavy atom. The third-order valence-corrected chi connectivity index (χ3v) is 6.84. The van der Waals surface area contributed by atoms with Crippen molar-refractivity contribution in [1.29, 1.82) is 0 Å². The van der Waals surface area contributed by atoms with Gasteiger partial charge in [-0.05, 0) is 54.6 Å². The van der Waals surface area contributed by atoms with E-state index in [-0.39, 0.29) is 11.9 Å². The van der Waals surface area contributed by atoms with E-state index in [1.807, 2.05) is 18.2 Å². The van der Waals surface area contributed by atoms with E-state index in [2.05, 4.69) is 30.8 Å². The van der Waals surface area contributed by atoms with Crippen molar-refractivity contribution in [3.8, 4) is 28.5 Å². The fraction of sp³-hybridized carbons (Fsp3) is 0.194. The Kier molecular flexibility index (Phi) is 8.19. The van der Waals surface area contributed by atoms with Crippen molar-refractivity contribution in [2.75, 3.05) is 54.3 Å². The number of nitrogens with one attached hydrogen (secondary N) is 3. The maximum absolute atomic E-state index is 12.6. The van der Waals surface area contributed by atoms with E-state index in [0.717, 1.165) is 22.5 Å². The Bertz CT molecular complexity index is 1790. The van der Waals surface area contributed by atoms with Crippen LogP contribution in [0.15, 0.2) is 73.2 Å². The standard InChI is InChI=1S/C31H29N9O4/c1-19(41)35-23-7-9-25(10-8-23)37-30(42)36-24-5-3-20(4-6-24)28-38-26-15-21(22-17-33-31(43-2)34-18-22)16-32-27(26)29(39-28)40-11-13-44-14-12-40/h3-10,15-18H,11-14H2,1-2H3,(H,35,41)(H2,36,37,42). The summed E-state index contributed by atoms with van der Waals surface area (Å²) in [7, 11) is 1.52. The first kappa shape index (κ1) is 28.4. The van der Waals surface area contributed by atoms with Gasteiger partial charge in [-0.25, -0.2) is 24.7 Å². The van der Waals surface area contributed by atoms with Gasteiger partial charge in [0, 0.05) is 72.4 Å². The summed E-state index contributed by atoms with van der Waals surface area (Å²) in [5.41, 5.74) is 5.57. The molecule has 13 nitrogen and oxygen atoms in total. The molecule has 5 aromatic rings. The van der Waals surface area contributed by atoms with Gasteiger partial charge in [-0.3, -0.25) is 9.78 Å². The summed E-state index contributed by atoms with van der Waals surface area (Å²) < 4.78 is 10.6. The number of methoxy groups -OCH3 is 1. The normalized spacial score (nSPS) is 12.9. The SMILES string of the molecule is COc1ncc(-c2cnc3c(N4CCOCC4)nc(-c4ccc(NC(=O)Nc5ccc(NC(C)=O)cc5)cc4)nc3c2)cn1. The van der Waals surface area contributed by atoms with E-state index in [4.69, 9.17) is 24.4 Å². The van der Waals surface area contributed by atoms with E-state index in [9.17, 15) is 9.59 Å². The van der Waals surface area contributed by atoms with Crippen molar-refractivity contribution in [2.45, 2.75) is 6.92 Å². The predicted octanol–water partition coefficient (Wildman–Crippen LogP) is 4.60. The van der Waals surface area contributed by atoms with Crippen molar-refractivity contribution < 1.29 is 19.1 Å². The Morgan fingerprint density at radius 1 is 0.773 bits per heavy atom. The van der Waals surface area contributed by atoms with Gasteiger partial charge in [0.25, 0.3) is 0 Å². The van der Waals surface area contributed by atoms with E-state index < -0.39 is 6.03 Å². The summed E-state index contributed by atoms with van der Waals surface area (Å²) in [5.74, 6) is 1.10. The third kappa shape index (κ3) is 6.52. The molecule has 4 heterocycles. The first-order chi connectivity index (χ1) is 21.4. The molecule has 44 heavy (non-hydrogen) atoms. The molecule has 13 heteroatoms. The molecule has 0 saturated carbocycles.